The first kappa shape index (κ1) is 25.8. The summed E-state index contributed by atoms with van der Waals surface area (Å²) >= 11 is 12.3. The van der Waals surface area contributed by atoms with Crippen molar-refractivity contribution in [2.24, 2.45) is 5.92 Å². The smallest absolute Gasteiger partial charge is 0.264 e. The summed E-state index contributed by atoms with van der Waals surface area (Å²) in [5.41, 5.74) is 1.77. The second kappa shape index (κ2) is 11.1. The van der Waals surface area contributed by atoms with Gasteiger partial charge in [0.05, 0.1) is 41.5 Å². The number of likely N-dealkylation sites (tertiary alicyclic amines) is 1. The summed E-state index contributed by atoms with van der Waals surface area (Å²) in [5.74, 6) is 0.818. The molecule has 2 unspecified atom stereocenters. The molecule has 2 atom stereocenters. The zero-order chi connectivity index (χ0) is 24.2. The van der Waals surface area contributed by atoms with Crippen LogP contribution in [-0.2, 0) is 25.5 Å². The van der Waals surface area contributed by atoms with Crippen molar-refractivity contribution in [3.8, 4) is 5.75 Å². The average Bonchev–Trinajstić information content (AvgIpc) is 3.13. The number of hydrogen-bond donors (Lipinski definition) is 0. The summed E-state index contributed by atoms with van der Waals surface area (Å²) in [6.45, 7) is 4.52. The molecule has 6 nitrogen and oxygen atoms in total. The van der Waals surface area contributed by atoms with Gasteiger partial charge in [0, 0.05) is 6.54 Å². The molecule has 0 aromatic heterocycles. The molecule has 33 heavy (non-hydrogen) atoms. The molecular formula is C24H29Cl2NO5S. The molecule has 1 saturated heterocycles. The van der Waals surface area contributed by atoms with Crippen LogP contribution in [0.3, 0.4) is 0 Å². The number of halogens is 2. The van der Waals surface area contributed by atoms with E-state index in [0.717, 1.165) is 23.1 Å². The molecule has 2 aromatic rings. The van der Waals surface area contributed by atoms with Crippen molar-refractivity contribution < 1.29 is 22.1 Å². The van der Waals surface area contributed by atoms with Crippen molar-refractivity contribution in [2.45, 2.75) is 45.3 Å². The first-order valence-corrected chi connectivity index (χ1v) is 13.4. The highest BCUT2D eigenvalue weighted by atomic mass is 35.5. The van der Waals surface area contributed by atoms with Gasteiger partial charge in [0.25, 0.3) is 10.1 Å². The molecular weight excluding hydrogens is 485 g/mol. The minimum atomic E-state index is -3.50. The molecule has 3 rings (SSSR count). The Hall–Kier alpha value is -1.80. The van der Waals surface area contributed by atoms with Crippen LogP contribution >= 0.6 is 23.2 Å². The van der Waals surface area contributed by atoms with Crippen LogP contribution in [-0.4, -0.2) is 44.7 Å². The van der Waals surface area contributed by atoms with Crippen LogP contribution in [0.5, 0.6) is 5.75 Å². The first-order chi connectivity index (χ1) is 15.5. The van der Waals surface area contributed by atoms with E-state index in [2.05, 4.69) is 0 Å². The fourth-order valence-corrected chi connectivity index (χ4v) is 4.79. The lowest BCUT2D eigenvalue weighted by Gasteiger charge is -2.25. The van der Waals surface area contributed by atoms with Gasteiger partial charge in [-0.1, -0.05) is 41.4 Å². The summed E-state index contributed by atoms with van der Waals surface area (Å²) < 4.78 is 33.3. The van der Waals surface area contributed by atoms with Crippen LogP contribution in [0, 0.1) is 5.92 Å². The zero-order valence-corrected chi connectivity index (χ0v) is 21.3. The lowest BCUT2D eigenvalue weighted by atomic mass is 9.98. The van der Waals surface area contributed by atoms with Gasteiger partial charge in [-0.3, -0.25) is 8.98 Å². The lowest BCUT2D eigenvalue weighted by Crippen LogP contribution is -2.32. The number of hydrogen-bond acceptors (Lipinski definition) is 5. The van der Waals surface area contributed by atoms with Gasteiger partial charge in [-0.15, -0.1) is 0 Å². The maximum atomic E-state index is 13.4. The van der Waals surface area contributed by atoms with E-state index in [1.165, 1.54) is 0 Å². The number of benzene rings is 2. The quantitative estimate of drug-likeness (QED) is 0.426. The van der Waals surface area contributed by atoms with E-state index < -0.39 is 10.1 Å². The number of nitrogens with zero attached hydrogens (tertiary/aromatic N) is 1. The molecule has 0 aliphatic carbocycles. The predicted octanol–water partition coefficient (Wildman–Crippen LogP) is 5.28. The number of amides is 1. The Labute approximate surface area is 205 Å². The first-order valence-electron chi connectivity index (χ1n) is 10.9. The second-order valence-corrected chi connectivity index (χ2v) is 11.1. The SMILES string of the molecule is CC(C)Oc1cccc(CC(=O)N2CC(CCOS(C)(=O)=O)CC2c2ccc(Cl)c(Cl)c2)c1. The summed E-state index contributed by atoms with van der Waals surface area (Å²) in [4.78, 5) is 15.2. The number of carbonyl (C=O) groups excluding carboxylic acids is 1. The molecule has 1 heterocycles. The van der Waals surface area contributed by atoms with Crippen molar-refractivity contribution in [1.29, 1.82) is 0 Å². The van der Waals surface area contributed by atoms with Gasteiger partial charge in [0.2, 0.25) is 5.91 Å². The molecule has 0 bridgehead atoms. The second-order valence-electron chi connectivity index (χ2n) is 8.64. The predicted molar refractivity (Wildman–Crippen MR) is 130 cm³/mol. The summed E-state index contributed by atoms with van der Waals surface area (Å²) in [5, 5.41) is 0.889. The van der Waals surface area contributed by atoms with Gasteiger partial charge in [-0.2, -0.15) is 8.42 Å². The third kappa shape index (κ3) is 7.60. The normalized spacial score (nSPS) is 18.7. The van der Waals surface area contributed by atoms with Gasteiger partial charge < -0.3 is 9.64 Å². The Morgan fingerprint density at radius 3 is 2.58 bits per heavy atom. The highest BCUT2D eigenvalue weighted by Crippen LogP contribution is 2.39. The van der Waals surface area contributed by atoms with E-state index >= 15 is 0 Å². The topological polar surface area (TPSA) is 72.9 Å². The molecule has 0 saturated carbocycles. The van der Waals surface area contributed by atoms with Crippen molar-refractivity contribution >= 4 is 39.2 Å². The maximum Gasteiger partial charge on any atom is 0.264 e. The number of ether oxygens (including phenoxy) is 1. The molecule has 1 fully saturated rings. The Bertz CT molecular complexity index is 1090. The zero-order valence-electron chi connectivity index (χ0n) is 19.0. The molecule has 0 spiro atoms. The molecule has 1 amide bonds. The highest BCUT2D eigenvalue weighted by Gasteiger charge is 2.36. The van der Waals surface area contributed by atoms with Crippen LogP contribution in [0.4, 0.5) is 0 Å². The monoisotopic (exact) mass is 513 g/mol. The van der Waals surface area contributed by atoms with Crippen molar-refractivity contribution in [2.75, 3.05) is 19.4 Å². The lowest BCUT2D eigenvalue weighted by molar-refractivity contribution is -0.131. The van der Waals surface area contributed by atoms with Crippen molar-refractivity contribution in [3.05, 3.63) is 63.6 Å². The van der Waals surface area contributed by atoms with E-state index in [9.17, 15) is 13.2 Å². The Morgan fingerprint density at radius 1 is 1.15 bits per heavy atom. The standard InChI is InChI=1S/C24H29Cl2NO5S/c1-16(2)32-20-6-4-5-17(11-20)13-24(28)27-15-18(9-10-31-33(3,29)30)12-23(27)19-7-8-21(25)22(26)14-19/h4-8,11,14,16,18,23H,9-10,12-13,15H2,1-3H3. The van der Waals surface area contributed by atoms with E-state index in [4.69, 9.17) is 32.1 Å². The van der Waals surface area contributed by atoms with Crippen molar-refractivity contribution in [3.63, 3.8) is 0 Å². The van der Waals surface area contributed by atoms with Gasteiger partial charge >= 0.3 is 0 Å². The average molecular weight is 514 g/mol. The molecule has 1 aliphatic heterocycles. The van der Waals surface area contributed by atoms with Crippen LogP contribution in [0.1, 0.15) is 43.9 Å². The molecule has 0 radical (unpaired) electrons. The highest BCUT2D eigenvalue weighted by molar-refractivity contribution is 7.85. The van der Waals surface area contributed by atoms with Gasteiger partial charge in [-0.05, 0) is 68.0 Å². The number of carbonyl (C=O) groups is 1. The van der Waals surface area contributed by atoms with Crippen LogP contribution < -0.4 is 4.74 Å². The van der Waals surface area contributed by atoms with E-state index in [0.29, 0.717) is 29.4 Å². The molecule has 9 heteroatoms. The van der Waals surface area contributed by atoms with E-state index in [1.54, 1.807) is 12.1 Å². The van der Waals surface area contributed by atoms with Crippen molar-refractivity contribution in [1.82, 2.24) is 4.90 Å². The third-order valence-electron chi connectivity index (χ3n) is 5.49. The molecule has 180 valence electrons. The minimum Gasteiger partial charge on any atom is -0.491 e. The minimum absolute atomic E-state index is 0.0145. The Kier molecular flexibility index (Phi) is 8.67. The van der Waals surface area contributed by atoms with Crippen LogP contribution in [0.15, 0.2) is 42.5 Å². The number of rotatable bonds is 9. The van der Waals surface area contributed by atoms with Crippen LogP contribution in [0.25, 0.3) is 0 Å². The van der Waals surface area contributed by atoms with Gasteiger partial charge in [0.1, 0.15) is 5.75 Å². The Balaban J connectivity index is 1.77. The maximum absolute atomic E-state index is 13.4. The molecule has 0 N–H and O–H groups in total. The molecule has 2 aromatic carbocycles. The van der Waals surface area contributed by atoms with Gasteiger partial charge in [0.15, 0.2) is 0 Å². The summed E-state index contributed by atoms with van der Waals surface area (Å²) in [6, 6.07) is 12.8. The Morgan fingerprint density at radius 2 is 1.91 bits per heavy atom. The van der Waals surface area contributed by atoms with E-state index in [-0.39, 0.29) is 37.0 Å². The molecule has 1 aliphatic rings. The fraction of sp³-hybridized carbons (Fsp3) is 0.458. The van der Waals surface area contributed by atoms with Gasteiger partial charge in [-0.25, -0.2) is 0 Å². The van der Waals surface area contributed by atoms with Crippen LogP contribution in [0.2, 0.25) is 10.0 Å². The summed E-state index contributed by atoms with van der Waals surface area (Å²) in [7, 11) is -3.50. The summed E-state index contributed by atoms with van der Waals surface area (Å²) in [6.07, 6.45) is 2.54. The fourth-order valence-electron chi connectivity index (χ4n) is 4.09. The van der Waals surface area contributed by atoms with E-state index in [1.807, 2.05) is 49.1 Å². The third-order valence-corrected chi connectivity index (χ3v) is 6.82. The largest absolute Gasteiger partial charge is 0.491 e.